The van der Waals surface area contributed by atoms with Gasteiger partial charge in [-0.3, -0.25) is 4.79 Å². The molecular weight excluding hydrogens is 238 g/mol. The van der Waals surface area contributed by atoms with E-state index in [2.05, 4.69) is 5.10 Å². The average molecular weight is 247 g/mol. The molecule has 92 valence electrons. The summed E-state index contributed by atoms with van der Waals surface area (Å²) in [4.78, 5) is 34.6. The van der Waals surface area contributed by atoms with Crippen molar-refractivity contribution in [1.29, 1.82) is 0 Å². The molecule has 2 aromatic rings. The zero-order chi connectivity index (χ0) is 13.3. The van der Waals surface area contributed by atoms with E-state index in [0.29, 0.717) is 5.69 Å². The molecule has 18 heavy (non-hydrogen) atoms. The first-order valence-corrected chi connectivity index (χ1v) is 5.01. The Balaban J connectivity index is 2.87. The summed E-state index contributed by atoms with van der Waals surface area (Å²) in [5, 5.41) is 12.3. The first-order chi connectivity index (χ1) is 8.52. The first-order valence-electron chi connectivity index (χ1n) is 5.01. The van der Waals surface area contributed by atoms with E-state index in [1.807, 2.05) is 0 Å². The molecule has 1 N–H and O–H groups in total. The lowest BCUT2D eigenvalue weighted by Crippen LogP contribution is -2.42. The number of rotatable bonds is 2. The Morgan fingerprint density at radius 2 is 1.83 bits per heavy atom. The number of aromatic carboxylic acids is 1. The molecule has 1 aromatic heterocycles. The summed E-state index contributed by atoms with van der Waals surface area (Å²) >= 11 is 0. The Labute approximate surface area is 101 Å². The molecule has 0 atom stereocenters. The fourth-order valence-corrected chi connectivity index (χ4v) is 1.51. The second kappa shape index (κ2) is 4.28. The molecule has 2 rings (SSSR count). The van der Waals surface area contributed by atoms with Crippen LogP contribution in [-0.4, -0.2) is 25.4 Å². The molecule has 0 aliphatic heterocycles. The van der Waals surface area contributed by atoms with Crippen molar-refractivity contribution in [2.24, 2.45) is 7.05 Å². The maximum atomic E-state index is 11.9. The largest absolute Gasteiger partial charge is 0.476 e. The van der Waals surface area contributed by atoms with Crippen LogP contribution in [0.25, 0.3) is 5.69 Å². The van der Waals surface area contributed by atoms with Gasteiger partial charge in [0.25, 0.3) is 5.56 Å². The van der Waals surface area contributed by atoms with Crippen LogP contribution in [0, 0.1) is 0 Å². The van der Waals surface area contributed by atoms with Crippen molar-refractivity contribution in [3.8, 4) is 5.69 Å². The van der Waals surface area contributed by atoms with E-state index in [4.69, 9.17) is 5.11 Å². The van der Waals surface area contributed by atoms with E-state index < -0.39 is 22.9 Å². The van der Waals surface area contributed by atoms with E-state index in [0.717, 1.165) is 9.25 Å². The van der Waals surface area contributed by atoms with Crippen LogP contribution in [0.4, 0.5) is 0 Å². The van der Waals surface area contributed by atoms with Gasteiger partial charge in [0, 0.05) is 7.05 Å². The topological polar surface area (TPSA) is 94.2 Å². The van der Waals surface area contributed by atoms with Gasteiger partial charge in [0.15, 0.2) is 0 Å². The number of benzene rings is 1. The van der Waals surface area contributed by atoms with Gasteiger partial charge in [-0.15, -0.1) is 0 Å². The summed E-state index contributed by atoms with van der Waals surface area (Å²) in [5.41, 5.74) is -2.04. The van der Waals surface area contributed by atoms with Crippen molar-refractivity contribution in [2.45, 2.75) is 0 Å². The van der Waals surface area contributed by atoms with Gasteiger partial charge in [-0.1, -0.05) is 18.2 Å². The summed E-state index contributed by atoms with van der Waals surface area (Å²) in [5.74, 6) is -1.47. The molecule has 0 aliphatic rings. The number of carboxylic acid groups (broad SMARTS) is 1. The molecule has 1 aromatic carbocycles. The number of nitrogens with zero attached hydrogens (tertiary/aromatic N) is 3. The fraction of sp³-hybridized carbons (Fsp3) is 0.0909. The van der Waals surface area contributed by atoms with Crippen LogP contribution in [0.5, 0.6) is 0 Å². The highest BCUT2D eigenvalue weighted by atomic mass is 16.4. The van der Waals surface area contributed by atoms with Crippen molar-refractivity contribution in [1.82, 2.24) is 14.3 Å². The van der Waals surface area contributed by atoms with Crippen LogP contribution >= 0.6 is 0 Å². The molecule has 7 heteroatoms. The van der Waals surface area contributed by atoms with Gasteiger partial charge in [0.1, 0.15) is 0 Å². The predicted octanol–water partition coefficient (Wildman–Crippen LogP) is -0.371. The number of carbonyl (C=O) groups is 1. The molecule has 0 spiro atoms. The first kappa shape index (κ1) is 11.8. The molecule has 0 amide bonds. The molecule has 0 bridgehead atoms. The quantitative estimate of drug-likeness (QED) is 0.781. The second-order valence-corrected chi connectivity index (χ2v) is 3.54. The Morgan fingerprint density at radius 3 is 2.39 bits per heavy atom. The third-order valence-electron chi connectivity index (χ3n) is 2.34. The standard InChI is InChI=1S/C11H9N3O4/c1-13-11(18)14(7-5-3-2-4-6-7)9(15)8(12-13)10(16)17/h2-6H,1H3,(H,16,17). The molecule has 0 fully saturated rings. The van der Waals surface area contributed by atoms with E-state index in [1.54, 1.807) is 18.2 Å². The normalized spacial score (nSPS) is 10.3. The lowest BCUT2D eigenvalue weighted by Gasteiger charge is -2.07. The number of aromatic nitrogens is 3. The van der Waals surface area contributed by atoms with Crippen molar-refractivity contribution in [3.05, 3.63) is 56.9 Å². The van der Waals surface area contributed by atoms with E-state index in [-0.39, 0.29) is 0 Å². The maximum Gasteiger partial charge on any atom is 0.362 e. The molecule has 0 saturated heterocycles. The van der Waals surface area contributed by atoms with Crippen LogP contribution in [-0.2, 0) is 7.05 Å². The van der Waals surface area contributed by atoms with Gasteiger partial charge in [-0.25, -0.2) is 18.8 Å². The Bertz CT molecular complexity index is 715. The molecule has 0 saturated carbocycles. The number of para-hydroxylation sites is 1. The summed E-state index contributed by atoms with van der Waals surface area (Å²) in [7, 11) is 1.29. The van der Waals surface area contributed by atoms with E-state index in [9.17, 15) is 14.4 Å². The highest BCUT2D eigenvalue weighted by Gasteiger charge is 2.17. The minimum Gasteiger partial charge on any atom is -0.476 e. The number of hydrogen-bond acceptors (Lipinski definition) is 4. The maximum absolute atomic E-state index is 11.9. The highest BCUT2D eigenvalue weighted by Crippen LogP contribution is 2.00. The van der Waals surface area contributed by atoms with Crippen LogP contribution < -0.4 is 11.2 Å². The summed E-state index contributed by atoms with van der Waals surface area (Å²) in [6.07, 6.45) is 0. The van der Waals surface area contributed by atoms with Gasteiger partial charge in [-0.05, 0) is 12.1 Å². The summed E-state index contributed by atoms with van der Waals surface area (Å²) in [6.45, 7) is 0. The van der Waals surface area contributed by atoms with Gasteiger partial charge in [0.05, 0.1) is 5.69 Å². The Hall–Kier alpha value is -2.70. The molecule has 0 unspecified atom stereocenters. The SMILES string of the molecule is Cn1nc(C(=O)O)c(=O)n(-c2ccccc2)c1=O. The predicted molar refractivity (Wildman–Crippen MR) is 62.0 cm³/mol. The fourth-order valence-electron chi connectivity index (χ4n) is 1.51. The van der Waals surface area contributed by atoms with Crippen molar-refractivity contribution in [3.63, 3.8) is 0 Å². The summed E-state index contributed by atoms with van der Waals surface area (Å²) < 4.78 is 1.59. The second-order valence-electron chi connectivity index (χ2n) is 3.54. The smallest absolute Gasteiger partial charge is 0.362 e. The zero-order valence-electron chi connectivity index (χ0n) is 9.40. The van der Waals surface area contributed by atoms with Gasteiger partial charge < -0.3 is 5.11 Å². The van der Waals surface area contributed by atoms with Gasteiger partial charge >= 0.3 is 11.7 Å². The molecule has 0 aliphatic carbocycles. The lowest BCUT2D eigenvalue weighted by atomic mass is 10.3. The zero-order valence-corrected chi connectivity index (χ0v) is 9.40. The third-order valence-corrected chi connectivity index (χ3v) is 2.34. The minimum atomic E-state index is -1.47. The number of aryl methyl sites for hydroxylation is 1. The molecular formula is C11H9N3O4. The Kier molecular flexibility index (Phi) is 2.80. The number of carboxylic acids is 1. The summed E-state index contributed by atoms with van der Waals surface area (Å²) in [6, 6.07) is 8.07. The van der Waals surface area contributed by atoms with Crippen LogP contribution in [0.1, 0.15) is 10.5 Å². The van der Waals surface area contributed by atoms with E-state index in [1.165, 1.54) is 19.2 Å². The Morgan fingerprint density at radius 1 is 1.22 bits per heavy atom. The van der Waals surface area contributed by atoms with Gasteiger partial charge in [-0.2, -0.15) is 5.10 Å². The molecule has 7 nitrogen and oxygen atoms in total. The van der Waals surface area contributed by atoms with Crippen molar-refractivity contribution in [2.75, 3.05) is 0 Å². The monoisotopic (exact) mass is 247 g/mol. The lowest BCUT2D eigenvalue weighted by molar-refractivity contribution is 0.0684. The number of hydrogen-bond donors (Lipinski definition) is 1. The van der Waals surface area contributed by atoms with E-state index >= 15 is 0 Å². The van der Waals surface area contributed by atoms with Crippen molar-refractivity contribution < 1.29 is 9.90 Å². The average Bonchev–Trinajstić information content (AvgIpc) is 2.35. The van der Waals surface area contributed by atoms with Crippen LogP contribution in [0.3, 0.4) is 0 Å². The molecule has 0 radical (unpaired) electrons. The minimum absolute atomic E-state index is 0.299. The van der Waals surface area contributed by atoms with Crippen molar-refractivity contribution >= 4 is 5.97 Å². The molecule has 1 heterocycles. The third kappa shape index (κ3) is 1.81. The van der Waals surface area contributed by atoms with Crippen LogP contribution in [0.15, 0.2) is 39.9 Å². The highest BCUT2D eigenvalue weighted by molar-refractivity contribution is 5.84. The van der Waals surface area contributed by atoms with Gasteiger partial charge in [0.2, 0.25) is 5.69 Å². The van der Waals surface area contributed by atoms with Crippen LogP contribution in [0.2, 0.25) is 0 Å².